The molecule has 4 rings (SSSR count). The Labute approximate surface area is 189 Å². The van der Waals surface area contributed by atoms with Gasteiger partial charge in [0.25, 0.3) is 0 Å². The number of hydrogen-bond acceptors (Lipinski definition) is 4. The van der Waals surface area contributed by atoms with Gasteiger partial charge < -0.3 is 19.4 Å². The Morgan fingerprint density at radius 2 is 1.19 bits per heavy atom. The van der Waals surface area contributed by atoms with Crippen molar-refractivity contribution < 1.29 is 14.0 Å². The van der Waals surface area contributed by atoms with Crippen molar-refractivity contribution >= 4 is 23.4 Å². The Bertz CT molecular complexity index is 1150. The fourth-order valence-electron chi connectivity index (χ4n) is 3.83. The molecule has 0 bridgehead atoms. The molecule has 0 saturated heterocycles. The third-order valence-electron chi connectivity index (χ3n) is 5.47. The molecule has 0 spiro atoms. The van der Waals surface area contributed by atoms with Crippen LogP contribution >= 0.6 is 7.14 Å². The van der Waals surface area contributed by atoms with Gasteiger partial charge in [0.15, 0.2) is 7.14 Å². The fourth-order valence-corrected chi connectivity index (χ4v) is 6.87. The number of anilines is 1. The lowest BCUT2D eigenvalue weighted by Crippen LogP contribution is -2.26. The van der Waals surface area contributed by atoms with E-state index in [0.29, 0.717) is 5.75 Å². The second-order valence-corrected chi connectivity index (χ2v) is 10.2. The highest BCUT2D eigenvalue weighted by atomic mass is 31.2. The van der Waals surface area contributed by atoms with Gasteiger partial charge in [-0.3, -0.25) is 0 Å². The van der Waals surface area contributed by atoms with Crippen LogP contribution in [0.4, 0.5) is 5.69 Å². The predicted octanol–water partition coefficient (Wildman–Crippen LogP) is 5.83. The summed E-state index contributed by atoms with van der Waals surface area (Å²) in [5.41, 5.74) is 1.68. The zero-order valence-electron chi connectivity index (χ0n) is 18.1. The molecule has 0 aromatic heterocycles. The van der Waals surface area contributed by atoms with Crippen molar-refractivity contribution in [3.63, 3.8) is 0 Å². The number of nitrogens with one attached hydrogen (secondary N) is 1. The Hall–Kier alpha value is -3.49. The van der Waals surface area contributed by atoms with Crippen molar-refractivity contribution in [1.82, 2.24) is 0 Å². The van der Waals surface area contributed by atoms with Crippen LogP contribution in [-0.2, 0) is 4.57 Å². The maximum absolute atomic E-state index is 15.1. The number of para-hydroxylation sites is 2. The van der Waals surface area contributed by atoms with E-state index in [4.69, 9.17) is 9.47 Å². The summed E-state index contributed by atoms with van der Waals surface area (Å²) >= 11 is 0. The van der Waals surface area contributed by atoms with Crippen molar-refractivity contribution in [3.05, 3.63) is 115 Å². The van der Waals surface area contributed by atoms with E-state index < -0.39 is 12.9 Å². The van der Waals surface area contributed by atoms with Crippen LogP contribution in [0.2, 0.25) is 0 Å². The van der Waals surface area contributed by atoms with Gasteiger partial charge >= 0.3 is 0 Å². The fraction of sp³-hybridized carbons (Fsp3) is 0.111. The van der Waals surface area contributed by atoms with Crippen LogP contribution in [0.25, 0.3) is 0 Å². The van der Waals surface area contributed by atoms with Crippen molar-refractivity contribution in [2.45, 2.75) is 5.78 Å². The van der Waals surface area contributed by atoms with Crippen molar-refractivity contribution in [3.8, 4) is 11.5 Å². The molecular weight excluding hydrogens is 417 g/mol. The number of rotatable bonds is 8. The van der Waals surface area contributed by atoms with Gasteiger partial charge in [-0.05, 0) is 29.8 Å². The average molecular weight is 443 g/mol. The SMILES string of the molecule is COc1ccc(C(Nc2ccccc2OC)P(=O)(c2ccccc2)c2ccccc2)cc1. The van der Waals surface area contributed by atoms with Gasteiger partial charge in [0, 0.05) is 10.6 Å². The number of benzene rings is 4. The van der Waals surface area contributed by atoms with Gasteiger partial charge in [0.05, 0.1) is 19.9 Å². The minimum atomic E-state index is -3.18. The molecule has 4 aromatic carbocycles. The second-order valence-electron chi connectivity index (χ2n) is 7.35. The van der Waals surface area contributed by atoms with Gasteiger partial charge in [-0.2, -0.15) is 0 Å². The Balaban J connectivity index is 1.93. The third kappa shape index (κ3) is 4.28. The first-order valence-corrected chi connectivity index (χ1v) is 12.2. The van der Waals surface area contributed by atoms with E-state index in [1.165, 1.54) is 0 Å². The highest BCUT2D eigenvalue weighted by Gasteiger charge is 2.38. The maximum Gasteiger partial charge on any atom is 0.168 e. The van der Waals surface area contributed by atoms with E-state index in [2.05, 4.69) is 5.32 Å². The molecule has 0 aliphatic rings. The molecule has 0 aliphatic heterocycles. The molecule has 162 valence electrons. The van der Waals surface area contributed by atoms with Gasteiger partial charge in [-0.25, -0.2) is 0 Å². The molecule has 0 saturated carbocycles. The topological polar surface area (TPSA) is 47.6 Å². The number of ether oxygens (including phenoxy) is 2. The summed E-state index contributed by atoms with van der Waals surface area (Å²) in [6.45, 7) is 0. The van der Waals surface area contributed by atoms with E-state index in [9.17, 15) is 0 Å². The normalized spacial score (nSPS) is 12.1. The van der Waals surface area contributed by atoms with Crippen molar-refractivity contribution in [2.75, 3.05) is 19.5 Å². The van der Waals surface area contributed by atoms with Crippen LogP contribution in [0, 0.1) is 0 Å². The van der Waals surface area contributed by atoms with Gasteiger partial charge in [0.1, 0.15) is 17.3 Å². The Morgan fingerprint density at radius 1 is 0.656 bits per heavy atom. The summed E-state index contributed by atoms with van der Waals surface area (Å²) in [4.78, 5) is 0. The summed E-state index contributed by atoms with van der Waals surface area (Å²) in [7, 11) is 0.0901. The van der Waals surface area contributed by atoms with Crippen LogP contribution in [0.15, 0.2) is 109 Å². The van der Waals surface area contributed by atoms with Crippen LogP contribution in [-0.4, -0.2) is 14.2 Å². The van der Waals surface area contributed by atoms with Gasteiger partial charge in [-0.15, -0.1) is 0 Å². The summed E-state index contributed by atoms with van der Waals surface area (Å²) in [6.07, 6.45) is 0. The molecule has 1 N–H and O–H groups in total. The standard InChI is InChI=1S/C27H26NO3P/c1-30-22-19-17-21(18-20-22)27(28-25-15-9-10-16-26(25)31-2)32(29,23-11-5-3-6-12-23)24-13-7-4-8-14-24/h3-20,27-28H,1-2H3. The Kier molecular flexibility index (Phi) is 6.63. The summed E-state index contributed by atoms with van der Waals surface area (Å²) < 4.78 is 26.1. The average Bonchev–Trinajstić information content (AvgIpc) is 2.88. The van der Waals surface area contributed by atoms with Crippen LogP contribution in [0.1, 0.15) is 11.3 Å². The first-order valence-electron chi connectivity index (χ1n) is 10.4. The van der Waals surface area contributed by atoms with Crippen LogP contribution in [0.3, 0.4) is 0 Å². The smallest absolute Gasteiger partial charge is 0.168 e. The zero-order valence-corrected chi connectivity index (χ0v) is 19.0. The summed E-state index contributed by atoms with van der Waals surface area (Å²) in [5, 5.41) is 5.13. The highest BCUT2D eigenvalue weighted by molar-refractivity contribution is 7.79. The van der Waals surface area contributed by atoms with E-state index in [0.717, 1.165) is 27.6 Å². The van der Waals surface area contributed by atoms with E-state index in [-0.39, 0.29) is 0 Å². The monoisotopic (exact) mass is 443 g/mol. The maximum atomic E-state index is 15.1. The van der Waals surface area contributed by atoms with Crippen LogP contribution in [0.5, 0.6) is 11.5 Å². The molecule has 32 heavy (non-hydrogen) atoms. The van der Waals surface area contributed by atoms with Crippen molar-refractivity contribution in [2.24, 2.45) is 0 Å². The molecule has 1 atom stereocenters. The second kappa shape index (κ2) is 9.76. The van der Waals surface area contributed by atoms with Crippen molar-refractivity contribution in [1.29, 1.82) is 0 Å². The minimum Gasteiger partial charge on any atom is -0.497 e. The molecule has 0 aliphatic carbocycles. The predicted molar refractivity (Wildman–Crippen MR) is 132 cm³/mol. The molecule has 0 amide bonds. The van der Waals surface area contributed by atoms with Gasteiger partial charge in [0.2, 0.25) is 0 Å². The van der Waals surface area contributed by atoms with Crippen LogP contribution < -0.4 is 25.4 Å². The van der Waals surface area contributed by atoms with Gasteiger partial charge in [-0.1, -0.05) is 84.9 Å². The zero-order chi connectivity index (χ0) is 22.4. The highest BCUT2D eigenvalue weighted by Crippen LogP contribution is 2.57. The molecule has 5 heteroatoms. The van der Waals surface area contributed by atoms with E-state index >= 15 is 4.57 Å². The molecule has 0 fully saturated rings. The summed E-state index contributed by atoms with van der Waals surface area (Å²) in [5.74, 6) is 0.923. The minimum absolute atomic E-state index is 0.519. The molecular formula is C27H26NO3P. The Morgan fingerprint density at radius 3 is 1.72 bits per heavy atom. The largest absolute Gasteiger partial charge is 0.497 e. The lowest BCUT2D eigenvalue weighted by Gasteiger charge is -2.31. The molecule has 0 radical (unpaired) electrons. The quantitative estimate of drug-likeness (QED) is 0.348. The molecule has 4 nitrogen and oxygen atoms in total. The first kappa shape index (κ1) is 21.7. The first-order chi connectivity index (χ1) is 15.7. The third-order valence-corrected chi connectivity index (χ3v) is 8.76. The molecule has 1 unspecified atom stereocenters. The lowest BCUT2D eigenvalue weighted by atomic mass is 10.2. The number of methoxy groups -OCH3 is 2. The van der Waals surface area contributed by atoms with E-state index in [1.54, 1.807) is 14.2 Å². The molecule has 4 aromatic rings. The molecule has 0 heterocycles. The number of hydrogen-bond donors (Lipinski definition) is 1. The summed E-state index contributed by atoms with van der Waals surface area (Å²) in [6, 6.07) is 34.8. The lowest BCUT2D eigenvalue weighted by molar-refractivity contribution is 0.414. The van der Waals surface area contributed by atoms with E-state index in [1.807, 2.05) is 109 Å².